The van der Waals surface area contributed by atoms with E-state index in [1.54, 1.807) is 43.3 Å². The first kappa shape index (κ1) is 16.7. The number of fused-ring (bicyclic) bond motifs is 1. The SMILES string of the molecule is CCS(=O)(=O)Nc1cccc2[nH]c(C)c(Oc3ccc(Cl)cc3)c12. The highest BCUT2D eigenvalue weighted by molar-refractivity contribution is 7.92. The van der Waals surface area contributed by atoms with Crippen LogP contribution >= 0.6 is 11.6 Å². The molecule has 0 aliphatic carbocycles. The summed E-state index contributed by atoms with van der Waals surface area (Å²) < 4.78 is 32.5. The summed E-state index contributed by atoms with van der Waals surface area (Å²) in [6.07, 6.45) is 0. The lowest BCUT2D eigenvalue weighted by atomic mass is 10.2. The smallest absolute Gasteiger partial charge is 0.232 e. The number of nitrogens with one attached hydrogen (secondary N) is 2. The van der Waals surface area contributed by atoms with Crippen molar-refractivity contribution in [2.75, 3.05) is 10.5 Å². The number of sulfonamides is 1. The van der Waals surface area contributed by atoms with Gasteiger partial charge in [0.05, 0.1) is 28.0 Å². The molecule has 0 atom stereocenters. The minimum Gasteiger partial charge on any atom is -0.455 e. The molecule has 0 unspecified atom stereocenters. The second kappa shape index (κ2) is 6.37. The van der Waals surface area contributed by atoms with E-state index in [1.165, 1.54) is 0 Å². The average Bonchev–Trinajstić information content (AvgIpc) is 2.86. The van der Waals surface area contributed by atoms with Crippen LogP contribution in [0.3, 0.4) is 0 Å². The van der Waals surface area contributed by atoms with Gasteiger partial charge in [-0.1, -0.05) is 17.7 Å². The molecule has 0 fully saturated rings. The van der Waals surface area contributed by atoms with Gasteiger partial charge in [-0.15, -0.1) is 0 Å². The average molecular weight is 365 g/mol. The number of aromatic amines is 1. The number of aryl methyl sites for hydroxylation is 1. The van der Waals surface area contributed by atoms with Gasteiger partial charge in [0, 0.05) is 5.02 Å². The van der Waals surface area contributed by atoms with Gasteiger partial charge in [-0.3, -0.25) is 4.72 Å². The van der Waals surface area contributed by atoms with E-state index in [1.807, 2.05) is 13.0 Å². The fourth-order valence-corrected chi connectivity index (χ4v) is 3.20. The molecule has 0 saturated carbocycles. The van der Waals surface area contributed by atoms with E-state index in [2.05, 4.69) is 9.71 Å². The Morgan fingerprint density at radius 1 is 1.17 bits per heavy atom. The van der Waals surface area contributed by atoms with Gasteiger partial charge in [-0.05, 0) is 50.2 Å². The van der Waals surface area contributed by atoms with Crippen LogP contribution in [-0.4, -0.2) is 19.2 Å². The number of hydrogen-bond acceptors (Lipinski definition) is 3. The minimum atomic E-state index is -3.39. The molecule has 7 heteroatoms. The van der Waals surface area contributed by atoms with E-state index < -0.39 is 10.0 Å². The third-order valence-electron chi connectivity index (χ3n) is 3.63. The number of benzene rings is 2. The summed E-state index contributed by atoms with van der Waals surface area (Å²) in [6.45, 7) is 3.47. The maximum absolute atomic E-state index is 11.9. The summed E-state index contributed by atoms with van der Waals surface area (Å²) in [5.74, 6) is 1.21. The molecular weight excluding hydrogens is 348 g/mol. The molecule has 126 valence electrons. The van der Waals surface area contributed by atoms with Gasteiger partial charge < -0.3 is 9.72 Å². The molecule has 0 aliphatic heterocycles. The van der Waals surface area contributed by atoms with Gasteiger partial charge in [0.25, 0.3) is 0 Å². The van der Waals surface area contributed by atoms with Crippen LogP contribution in [0.1, 0.15) is 12.6 Å². The third kappa shape index (κ3) is 3.34. The normalized spacial score (nSPS) is 11.6. The van der Waals surface area contributed by atoms with Gasteiger partial charge in [0.2, 0.25) is 10.0 Å². The Kier molecular flexibility index (Phi) is 4.43. The van der Waals surface area contributed by atoms with Crippen molar-refractivity contribution in [3.63, 3.8) is 0 Å². The molecule has 3 aromatic rings. The molecular formula is C17H17ClN2O3S. The van der Waals surface area contributed by atoms with Gasteiger partial charge in [0.1, 0.15) is 5.75 Å². The molecule has 0 spiro atoms. The predicted molar refractivity (Wildman–Crippen MR) is 97.6 cm³/mol. The van der Waals surface area contributed by atoms with Gasteiger partial charge in [0.15, 0.2) is 5.75 Å². The maximum Gasteiger partial charge on any atom is 0.232 e. The van der Waals surface area contributed by atoms with Crippen LogP contribution in [0.2, 0.25) is 5.02 Å². The predicted octanol–water partition coefficient (Wildman–Crippen LogP) is 4.68. The van der Waals surface area contributed by atoms with Gasteiger partial charge in [-0.25, -0.2) is 8.42 Å². The van der Waals surface area contributed by atoms with E-state index in [-0.39, 0.29) is 5.75 Å². The van der Waals surface area contributed by atoms with E-state index in [0.717, 1.165) is 11.2 Å². The Bertz CT molecular complexity index is 979. The van der Waals surface area contributed by atoms with Crippen molar-refractivity contribution in [3.8, 4) is 11.5 Å². The topological polar surface area (TPSA) is 71.2 Å². The zero-order valence-electron chi connectivity index (χ0n) is 13.3. The molecule has 0 aliphatic rings. The third-order valence-corrected chi connectivity index (χ3v) is 5.18. The molecule has 2 N–H and O–H groups in total. The van der Waals surface area contributed by atoms with Crippen LogP contribution in [0.15, 0.2) is 42.5 Å². The van der Waals surface area contributed by atoms with E-state index >= 15 is 0 Å². The number of halogens is 1. The highest BCUT2D eigenvalue weighted by atomic mass is 35.5. The fourth-order valence-electron chi connectivity index (χ4n) is 2.42. The molecule has 1 aromatic heterocycles. The molecule has 0 radical (unpaired) electrons. The fraction of sp³-hybridized carbons (Fsp3) is 0.176. The first-order valence-corrected chi connectivity index (χ1v) is 9.48. The molecule has 0 saturated heterocycles. The zero-order valence-corrected chi connectivity index (χ0v) is 14.8. The van der Waals surface area contributed by atoms with Crippen LogP contribution < -0.4 is 9.46 Å². The van der Waals surface area contributed by atoms with Crippen LogP contribution in [0, 0.1) is 6.92 Å². The molecule has 3 rings (SSSR count). The number of rotatable bonds is 5. The zero-order chi connectivity index (χ0) is 17.3. The van der Waals surface area contributed by atoms with Gasteiger partial charge in [-0.2, -0.15) is 0 Å². The first-order valence-electron chi connectivity index (χ1n) is 7.45. The molecule has 1 heterocycles. The van der Waals surface area contributed by atoms with Crippen molar-refractivity contribution in [1.82, 2.24) is 4.98 Å². The lowest BCUT2D eigenvalue weighted by Crippen LogP contribution is -2.14. The quantitative estimate of drug-likeness (QED) is 0.690. The van der Waals surface area contributed by atoms with Crippen molar-refractivity contribution in [2.45, 2.75) is 13.8 Å². The maximum atomic E-state index is 11.9. The summed E-state index contributed by atoms with van der Waals surface area (Å²) in [5.41, 5.74) is 2.10. The monoisotopic (exact) mass is 364 g/mol. The second-order valence-corrected chi connectivity index (χ2v) is 7.82. The molecule has 5 nitrogen and oxygen atoms in total. The van der Waals surface area contributed by atoms with Gasteiger partial charge >= 0.3 is 0 Å². The number of ether oxygens (including phenoxy) is 1. The first-order chi connectivity index (χ1) is 11.4. The molecule has 0 bridgehead atoms. The Hall–Kier alpha value is -2.18. The largest absolute Gasteiger partial charge is 0.455 e. The molecule has 0 amide bonds. The summed E-state index contributed by atoms with van der Waals surface area (Å²) in [5, 5.41) is 1.32. The molecule has 2 aromatic carbocycles. The summed E-state index contributed by atoms with van der Waals surface area (Å²) in [7, 11) is -3.39. The lowest BCUT2D eigenvalue weighted by molar-refractivity contribution is 0.484. The highest BCUT2D eigenvalue weighted by Crippen LogP contribution is 2.38. The van der Waals surface area contributed by atoms with Crippen molar-refractivity contribution in [2.24, 2.45) is 0 Å². The lowest BCUT2D eigenvalue weighted by Gasteiger charge is -2.10. The number of H-pyrrole nitrogens is 1. The Morgan fingerprint density at radius 3 is 2.54 bits per heavy atom. The molecule has 24 heavy (non-hydrogen) atoms. The van der Waals surface area contributed by atoms with E-state index in [0.29, 0.717) is 27.6 Å². The summed E-state index contributed by atoms with van der Waals surface area (Å²) in [4.78, 5) is 3.22. The highest BCUT2D eigenvalue weighted by Gasteiger charge is 2.17. The van der Waals surface area contributed by atoms with Crippen molar-refractivity contribution < 1.29 is 13.2 Å². The van der Waals surface area contributed by atoms with Crippen LogP contribution in [-0.2, 0) is 10.0 Å². The van der Waals surface area contributed by atoms with Crippen molar-refractivity contribution >= 4 is 38.2 Å². The number of aromatic nitrogens is 1. The Labute approximate surface area is 145 Å². The van der Waals surface area contributed by atoms with E-state index in [9.17, 15) is 8.42 Å². The van der Waals surface area contributed by atoms with Crippen LogP contribution in [0.5, 0.6) is 11.5 Å². The Morgan fingerprint density at radius 2 is 1.88 bits per heavy atom. The Balaban J connectivity index is 2.10. The second-order valence-electron chi connectivity index (χ2n) is 5.37. The van der Waals surface area contributed by atoms with E-state index in [4.69, 9.17) is 16.3 Å². The number of hydrogen-bond donors (Lipinski definition) is 2. The summed E-state index contributed by atoms with van der Waals surface area (Å²) in [6, 6.07) is 12.4. The summed E-state index contributed by atoms with van der Waals surface area (Å²) >= 11 is 5.90. The van der Waals surface area contributed by atoms with Crippen LogP contribution in [0.25, 0.3) is 10.9 Å². The van der Waals surface area contributed by atoms with Crippen molar-refractivity contribution in [3.05, 3.63) is 53.2 Å². The number of anilines is 1. The standard InChI is InChI=1S/C17H17ClN2O3S/c1-3-24(21,22)20-15-6-4-5-14-16(15)17(11(2)19-14)23-13-9-7-12(18)8-10-13/h4-10,19-20H,3H2,1-2H3. The minimum absolute atomic E-state index is 0.000166. The van der Waals surface area contributed by atoms with Crippen LogP contribution in [0.4, 0.5) is 5.69 Å². The van der Waals surface area contributed by atoms with Crippen molar-refractivity contribution in [1.29, 1.82) is 0 Å².